The van der Waals surface area contributed by atoms with E-state index >= 15 is 0 Å². The first kappa shape index (κ1) is 16.4. The van der Waals surface area contributed by atoms with Crippen LogP contribution < -0.4 is 0 Å². The van der Waals surface area contributed by atoms with E-state index in [2.05, 4.69) is 0 Å². The molecule has 0 bridgehead atoms. The Hall–Kier alpha value is -7.41. The molecule has 0 aliphatic carbocycles. The van der Waals surface area contributed by atoms with Crippen molar-refractivity contribution in [1.82, 2.24) is 24.1 Å². The Balaban J connectivity index is 1.32. The summed E-state index contributed by atoms with van der Waals surface area (Å²) < 4.78 is 220. The van der Waals surface area contributed by atoms with Gasteiger partial charge in [-0.25, -0.2) is 4.98 Å². The summed E-state index contributed by atoms with van der Waals surface area (Å²) in [5.74, 6) is -1.50. The van der Waals surface area contributed by atoms with Crippen molar-refractivity contribution in [2.75, 3.05) is 0 Å². The molecule has 0 radical (unpaired) electrons. The van der Waals surface area contributed by atoms with E-state index in [4.69, 9.17) is 31.4 Å². The zero-order chi connectivity index (χ0) is 58.3. The second-order valence-corrected chi connectivity index (χ2v) is 13.7. The normalized spacial score (nSPS) is 17.8. The molecular formula is C51H31N5S. The molecule has 0 aliphatic heterocycles. The van der Waals surface area contributed by atoms with Crippen molar-refractivity contribution in [3.63, 3.8) is 0 Å². The van der Waals surface area contributed by atoms with E-state index < -0.39 is 223 Å². The van der Waals surface area contributed by atoms with Gasteiger partial charge in [0, 0.05) is 58.5 Å². The Morgan fingerprint density at radius 2 is 1.09 bits per heavy atom. The van der Waals surface area contributed by atoms with E-state index in [0.29, 0.717) is 4.70 Å². The van der Waals surface area contributed by atoms with Crippen molar-refractivity contribution in [2.24, 2.45) is 0 Å². The average Bonchev–Trinajstić information content (AvgIpc) is 1.78. The Labute approximate surface area is 365 Å². The third kappa shape index (κ3) is 4.91. The molecule has 0 fully saturated rings. The summed E-state index contributed by atoms with van der Waals surface area (Å²) in [6.45, 7) is 0. The van der Waals surface area contributed by atoms with Gasteiger partial charge in [0.05, 0.1) is 55.0 Å². The summed E-state index contributed by atoms with van der Waals surface area (Å²) in [6, 6.07) is -7.39. The van der Waals surface area contributed by atoms with Crippen LogP contribution in [0.25, 0.3) is 109 Å². The van der Waals surface area contributed by atoms with Crippen molar-refractivity contribution >= 4 is 75.1 Å². The molecule has 6 heteroatoms. The second-order valence-electron chi connectivity index (χ2n) is 12.6. The van der Waals surface area contributed by atoms with Crippen LogP contribution in [0.5, 0.6) is 0 Å². The van der Waals surface area contributed by atoms with Gasteiger partial charge in [-0.1, -0.05) is 145 Å². The Morgan fingerprint density at radius 1 is 0.439 bits per heavy atom. The van der Waals surface area contributed by atoms with Gasteiger partial charge in [0.25, 0.3) is 0 Å². The molecule has 266 valence electrons. The van der Waals surface area contributed by atoms with Crippen LogP contribution in [0.15, 0.2) is 187 Å². The highest BCUT2D eigenvalue weighted by Crippen LogP contribution is 2.43. The summed E-state index contributed by atoms with van der Waals surface area (Å²) in [7, 11) is 0. The maximum absolute atomic E-state index is 9.91. The van der Waals surface area contributed by atoms with Crippen LogP contribution in [-0.2, 0) is 0 Å². The third-order valence-corrected chi connectivity index (χ3v) is 10.7. The summed E-state index contributed by atoms with van der Waals surface area (Å²) in [5, 5.41) is -0.194. The summed E-state index contributed by atoms with van der Waals surface area (Å²) >= 11 is 1.33. The standard InChI is InChI=1S/C51H31N5S/c1-3-14-32(15-4-1)33-26-28-34(29-27-33)49-52-50(41-22-13-21-39-37-19-9-12-25-45(37)57-48(39)41)54-51(53-49)56-43-24-11-8-20-40(43)46-44(56)31-30-38-36-18-7-10-23-42(36)55(47(38)46)35-16-5-2-6-17-35/h1-31H/i1D,2D,3D,4D,5D,6D,7D,8D,10D,11D,14D,15D,16D,17D,18D,20D,23D,24D,26D,27D,28D,29D,30D,31D. The predicted molar refractivity (Wildman–Crippen MR) is 238 cm³/mol. The van der Waals surface area contributed by atoms with Crippen LogP contribution in [0.1, 0.15) is 32.9 Å². The topological polar surface area (TPSA) is 48.5 Å². The van der Waals surface area contributed by atoms with Gasteiger partial charge in [-0.2, -0.15) is 9.97 Å². The molecule has 0 spiro atoms. The van der Waals surface area contributed by atoms with E-state index in [1.807, 2.05) is 30.3 Å². The minimum atomic E-state index is -0.882. The molecule has 5 nitrogen and oxygen atoms in total. The number of nitrogens with zero attached hydrogens (tertiary/aromatic N) is 5. The van der Waals surface area contributed by atoms with E-state index in [0.717, 1.165) is 24.6 Å². The van der Waals surface area contributed by atoms with Crippen molar-refractivity contribution in [2.45, 2.75) is 0 Å². The molecular weight excluding hydrogens is 715 g/mol. The number of fused-ring (bicyclic) bond motifs is 10. The molecule has 0 atom stereocenters. The quantitative estimate of drug-likeness (QED) is 0.175. The number of para-hydroxylation sites is 3. The number of hydrogen-bond donors (Lipinski definition) is 0. The van der Waals surface area contributed by atoms with Crippen LogP contribution in [0.2, 0.25) is 0 Å². The summed E-state index contributed by atoms with van der Waals surface area (Å²) in [5.41, 5.74) is -4.32. The van der Waals surface area contributed by atoms with E-state index in [9.17, 15) is 16.4 Å². The van der Waals surface area contributed by atoms with Gasteiger partial charge < -0.3 is 4.57 Å². The van der Waals surface area contributed by atoms with Gasteiger partial charge in [0.2, 0.25) is 5.95 Å². The van der Waals surface area contributed by atoms with Crippen molar-refractivity contribution in [3.8, 4) is 45.5 Å². The average molecular weight is 770 g/mol. The fourth-order valence-electron chi connectivity index (χ4n) is 7.15. The van der Waals surface area contributed by atoms with Gasteiger partial charge in [0.1, 0.15) is 0 Å². The lowest BCUT2D eigenvalue weighted by Gasteiger charge is -2.12. The lowest BCUT2D eigenvalue weighted by Crippen LogP contribution is -2.06. The molecule has 0 aliphatic rings. The number of hydrogen-bond acceptors (Lipinski definition) is 4. The SMILES string of the molecule is [2H]c1c([2H])c([2H])c(-c2c([2H])c([2H])c(-c3nc(-c4cccc5c4sc4ccccc45)nc(-n4c5c([2H])c([2H])c([2H])c([2H])c5c5c4c([2H])c([2H])c4c6c([2H])c([2H])c([2H])c([2H])c6n(-c6c([2H])c([2H])c([2H])c([2H])c6[2H])c45)n3)c([2H])c2[2H])c([2H])c1[2H]. The number of aromatic nitrogens is 5. The van der Waals surface area contributed by atoms with Crippen LogP contribution in [0, 0.1) is 0 Å². The fourth-order valence-corrected chi connectivity index (χ4v) is 8.36. The first-order chi connectivity index (χ1) is 38.3. The molecule has 0 saturated carbocycles. The van der Waals surface area contributed by atoms with Crippen LogP contribution >= 0.6 is 11.3 Å². The highest BCUT2D eigenvalue weighted by molar-refractivity contribution is 7.26. The minimum Gasteiger partial charge on any atom is -0.309 e. The largest absolute Gasteiger partial charge is 0.309 e. The molecule has 4 heterocycles. The number of rotatable bonds is 5. The van der Waals surface area contributed by atoms with Crippen LogP contribution in [0.3, 0.4) is 0 Å². The molecule has 12 aromatic rings. The van der Waals surface area contributed by atoms with Gasteiger partial charge in [-0.05, 0) is 53.5 Å². The van der Waals surface area contributed by atoms with Crippen molar-refractivity contribution in [3.05, 3.63) is 187 Å². The van der Waals surface area contributed by atoms with Gasteiger partial charge in [-0.15, -0.1) is 11.3 Å². The van der Waals surface area contributed by atoms with Crippen LogP contribution in [-0.4, -0.2) is 24.1 Å². The molecule has 0 saturated heterocycles. The zero-order valence-electron chi connectivity index (χ0n) is 52.7. The monoisotopic (exact) mass is 769 g/mol. The zero-order valence-corrected chi connectivity index (χ0v) is 29.5. The molecule has 57 heavy (non-hydrogen) atoms. The maximum Gasteiger partial charge on any atom is 0.238 e. The summed E-state index contributed by atoms with van der Waals surface area (Å²) in [6.07, 6.45) is 0. The van der Waals surface area contributed by atoms with Gasteiger partial charge >= 0.3 is 0 Å². The van der Waals surface area contributed by atoms with Crippen LogP contribution in [0.4, 0.5) is 0 Å². The molecule has 8 aromatic carbocycles. The Kier molecular flexibility index (Phi) is 3.61. The fraction of sp³-hybridized carbons (Fsp3) is 0. The molecule has 0 unspecified atom stereocenters. The molecule has 12 rings (SSSR count). The Morgan fingerprint density at radius 3 is 1.91 bits per heavy atom. The number of benzene rings is 8. The Bertz CT molecular complexity index is 4870. The lowest BCUT2D eigenvalue weighted by atomic mass is 10.0. The second kappa shape index (κ2) is 12.6. The van der Waals surface area contributed by atoms with E-state index in [-0.39, 0.29) is 11.4 Å². The smallest absolute Gasteiger partial charge is 0.238 e. The molecule has 0 N–H and O–H groups in total. The first-order valence-corrected chi connectivity index (χ1v) is 18.0. The predicted octanol–water partition coefficient (Wildman–Crippen LogP) is 13.4. The minimum absolute atomic E-state index is 0.245. The van der Waals surface area contributed by atoms with Gasteiger partial charge in [-0.3, -0.25) is 4.57 Å². The summed E-state index contributed by atoms with van der Waals surface area (Å²) in [4.78, 5) is 14.4. The first-order valence-electron chi connectivity index (χ1n) is 29.2. The lowest BCUT2D eigenvalue weighted by molar-refractivity contribution is 0.954. The number of thiophene rings is 1. The third-order valence-electron chi connectivity index (χ3n) is 9.52. The molecule has 4 aromatic heterocycles. The van der Waals surface area contributed by atoms with Crippen molar-refractivity contribution < 1.29 is 32.9 Å². The highest BCUT2D eigenvalue weighted by atomic mass is 32.1. The van der Waals surface area contributed by atoms with Gasteiger partial charge in [0.15, 0.2) is 11.6 Å². The maximum atomic E-state index is 9.91. The van der Waals surface area contributed by atoms with E-state index in [1.54, 1.807) is 12.1 Å². The molecule has 0 amide bonds. The van der Waals surface area contributed by atoms with E-state index in [1.165, 1.54) is 11.3 Å². The highest BCUT2D eigenvalue weighted by Gasteiger charge is 2.23. The van der Waals surface area contributed by atoms with Crippen molar-refractivity contribution in [1.29, 1.82) is 0 Å².